The fourth-order valence-corrected chi connectivity index (χ4v) is 3.58. The molecule has 0 aliphatic carbocycles. The molecule has 1 fully saturated rings. The summed E-state index contributed by atoms with van der Waals surface area (Å²) < 4.78 is 22.9. The van der Waals surface area contributed by atoms with E-state index < -0.39 is 9.84 Å². The molecule has 130 valence electrons. The Kier molecular flexibility index (Phi) is 8.02. The van der Waals surface area contributed by atoms with Crippen LogP contribution in [0.15, 0.2) is 24.3 Å². The second-order valence-electron chi connectivity index (χ2n) is 6.01. The first kappa shape index (κ1) is 19.9. The minimum absolute atomic E-state index is 0. The third kappa shape index (κ3) is 7.33. The highest BCUT2D eigenvalue weighted by Crippen LogP contribution is 2.15. The fourth-order valence-electron chi connectivity index (χ4n) is 2.73. The van der Waals surface area contributed by atoms with Crippen LogP contribution in [0.25, 0.3) is 0 Å². The molecule has 1 atom stereocenters. The van der Waals surface area contributed by atoms with Gasteiger partial charge in [-0.3, -0.25) is 4.79 Å². The summed E-state index contributed by atoms with van der Waals surface area (Å²) in [5.41, 5.74) is 1.62. The van der Waals surface area contributed by atoms with Crippen molar-refractivity contribution in [1.29, 1.82) is 0 Å². The number of halogens is 1. The van der Waals surface area contributed by atoms with Crippen LogP contribution in [0.2, 0.25) is 0 Å². The van der Waals surface area contributed by atoms with Crippen molar-refractivity contribution in [2.24, 2.45) is 5.92 Å². The summed E-state index contributed by atoms with van der Waals surface area (Å²) in [6, 6.07) is 7.34. The molecule has 0 aromatic heterocycles. The lowest BCUT2D eigenvalue weighted by Gasteiger charge is -2.11. The van der Waals surface area contributed by atoms with Gasteiger partial charge in [-0.25, -0.2) is 8.42 Å². The molecule has 0 bridgehead atoms. The number of nitrogens with one attached hydrogen (secondary N) is 2. The van der Waals surface area contributed by atoms with E-state index in [4.69, 9.17) is 0 Å². The maximum Gasteiger partial charge on any atom is 0.220 e. The second kappa shape index (κ2) is 9.25. The average molecular weight is 361 g/mol. The highest BCUT2D eigenvalue weighted by Gasteiger charge is 2.16. The van der Waals surface area contributed by atoms with E-state index in [1.807, 2.05) is 18.2 Å². The van der Waals surface area contributed by atoms with Gasteiger partial charge in [0.15, 0.2) is 9.84 Å². The van der Waals surface area contributed by atoms with E-state index in [0.29, 0.717) is 18.9 Å². The van der Waals surface area contributed by atoms with Crippen LogP contribution in [0.3, 0.4) is 0 Å². The van der Waals surface area contributed by atoms with Crippen LogP contribution in [-0.4, -0.2) is 33.7 Å². The molecule has 23 heavy (non-hydrogen) atoms. The molecule has 2 rings (SSSR count). The van der Waals surface area contributed by atoms with Crippen molar-refractivity contribution in [3.8, 4) is 0 Å². The quantitative estimate of drug-likeness (QED) is 0.775. The minimum atomic E-state index is -3.08. The van der Waals surface area contributed by atoms with Crippen LogP contribution in [0, 0.1) is 5.92 Å². The summed E-state index contributed by atoms with van der Waals surface area (Å²) in [6.45, 7) is 2.43. The van der Waals surface area contributed by atoms with Crippen LogP contribution in [0.4, 0.5) is 0 Å². The van der Waals surface area contributed by atoms with Crippen LogP contribution in [0.5, 0.6) is 0 Å². The topological polar surface area (TPSA) is 75.3 Å². The smallest absolute Gasteiger partial charge is 0.220 e. The predicted octanol–water partition coefficient (Wildman–Crippen LogP) is 1.66. The molecular formula is C16H25ClN2O3S. The Hall–Kier alpha value is -1.11. The van der Waals surface area contributed by atoms with Crippen LogP contribution < -0.4 is 10.6 Å². The largest absolute Gasteiger partial charge is 0.352 e. The average Bonchev–Trinajstić information content (AvgIpc) is 2.96. The number of carbonyl (C=O) groups is 1. The van der Waals surface area contributed by atoms with E-state index in [2.05, 4.69) is 10.6 Å². The molecule has 7 heteroatoms. The maximum atomic E-state index is 11.9. The zero-order valence-electron chi connectivity index (χ0n) is 13.4. The molecule has 1 aromatic rings. The van der Waals surface area contributed by atoms with Gasteiger partial charge in [0.25, 0.3) is 0 Å². The van der Waals surface area contributed by atoms with Gasteiger partial charge in [-0.05, 0) is 43.0 Å². The summed E-state index contributed by atoms with van der Waals surface area (Å²) in [7, 11) is -3.08. The van der Waals surface area contributed by atoms with Crippen molar-refractivity contribution in [2.45, 2.75) is 31.6 Å². The third-order valence-electron chi connectivity index (χ3n) is 3.95. The molecule has 1 aliphatic rings. The normalized spacial score (nSPS) is 17.5. The Morgan fingerprint density at radius 2 is 2.00 bits per heavy atom. The van der Waals surface area contributed by atoms with E-state index in [9.17, 15) is 13.2 Å². The molecule has 0 spiro atoms. The Morgan fingerprint density at radius 1 is 1.30 bits per heavy atom. The van der Waals surface area contributed by atoms with E-state index in [1.165, 1.54) is 6.26 Å². The van der Waals surface area contributed by atoms with Crippen LogP contribution in [-0.2, 0) is 26.9 Å². The molecule has 1 saturated heterocycles. The summed E-state index contributed by atoms with van der Waals surface area (Å²) in [5, 5.41) is 6.19. The standard InChI is InChI=1S/C16H24N2O3S.ClH/c1-22(20,21)12-15-5-3-2-4-14(15)11-18-16(19)7-6-13-8-9-17-10-13;/h2-5,13,17H,6-12H2,1H3,(H,18,19);1H. The number of carbonyl (C=O) groups excluding carboxylic acids is 1. The van der Waals surface area contributed by atoms with E-state index in [1.54, 1.807) is 6.07 Å². The molecule has 1 amide bonds. The highest BCUT2D eigenvalue weighted by molar-refractivity contribution is 7.89. The summed E-state index contributed by atoms with van der Waals surface area (Å²) in [4.78, 5) is 11.9. The minimum Gasteiger partial charge on any atom is -0.352 e. The second-order valence-corrected chi connectivity index (χ2v) is 8.15. The van der Waals surface area contributed by atoms with E-state index in [0.717, 1.165) is 37.1 Å². The van der Waals surface area contributed by atoms with Crippen molar-refractivity contribution >= 4 is 28.2 Å². The van der Waals surface area contributed by atoms with E-state index >= 15 is 0 Å². The van der Waals surface area contributed by atoms with Crippen molar-refractivity contribution in [3.63, 3.8) is 0 Å². The van der Waals surface area contributed by atoms with Crippen LogP contribution >= 0.6 is 12.4 Å². The van der Waals surface area contributed by atoms with Gasteiger partial charge >= 0.3 is 0 Å². The lowest BCUT2D eigenvalue weighted by atomic mass is 10.0. The first-order valence-corrected chi connectivity index (χ1v) is 9.72. The molecule has 1 aromatic carbocycles. The molecular weight excluding hydrogens is 336 g/mol. The van der Waals surface area contributed by atoms with Gasteiger partial charge in [-0.1, -0.05) is 24.3 Å². The van der Waals surface area contributed by atoms with Gasteiger partial charge in [0.1, 0.15) is 0 Å². The number of amides is 1. The van der Waals surface area contributed by atoms with Crippen molar-refractivity contribution < 1.29 is 13.2 Å². The van der Waals surface area contributed by atoms with Gasteiger partial charge in [0.05, 0.1) is 5.75 Å². The first-order valence-electron chi connectivity index (χ1n) is 7.66. The maximum absolute atomic E-state index is 11.9. The zero-order valence-corrected chi connectivity index (χ0v) is 15.0. The Morgan fingerprint density at radius 3 is 2.61 bits per heavy atom. The summed E-state index contributed by atoms with van der Waals surface area (Å²) in [5.74, 6) is 0.636. The number of sulfone groups is 1. The van der Waals surface area contributed by atoms with Gasteiger partial charge in [-0.2, -0.15) is 0 Å². The molecule has 1 heterocycles. The highest BCUT2D eigenvalue weighted by atomic mass is 35.5. The Labute approximate surface area is 144 Å². The number of rotatable bonds is 7. The molecule has 0 radical (unpaired) electrons. The van der Waals surface area contributed by atoms with Gasteiger partial charge in [0.2, 0.25) is 5.91 Å². The molecule has 2 N–H and O–H groups in total. The number of hydrogen-bond acceptors (Lipinski definition) is 4. The number of hydrogen-bond donors (Lipinski definition) is 2. The summed E-state index contributed by atoms with van der Waals surface area (Å²) >= 11 is 0. The van der Waals surface area contributed by atoms with Crippen molar-refractivity contribution in [2.75, 3.05) is 19.3 Å². The lowest BCUT2D eigenvalue weighted by molar-refractivity contribution is -0.121. The monoisotopic (exact) mass is 360 g/mol. The molecule has 1 aliphatic heterocycles. The fraction of sp³-hybridized carbons (Fsp3) is 0.562. The SMILES string of the molecule is CS(=O)(=O)Cc1ccccc1CNC(=O)CCC1CCNC1.Cl. The lowest BCUT2D eigenvalue weighted by Crippen LogP contribution is -2.24. The Balaban J connectivity index is 0.00000264. The van der Waals surface area contributed by atoms with Crippen molar-refractivity contribution in [3.05, 3.63) is 35.4 Å². The van der Waals surface area contributed by atoms with Crippen LogP contribution in [0.1, 0.15) is 30.4 Å². The molecule has 5 nitrogen and oxygen atoms in total. The van der Waals surface area contributed by atoms with Crippen molar-refractivity contribution in [1.82, 2.24) is 10.6 Å². The van der Waals surface area contributed by atoms with Gasteiger partial charge in [-0.15, -0.1) is 12.4 Å². The third-order valence-corrected chi connectivity index (χ3v) is 4.79. The summed E-state index contributed by atoms with van der Waals surface area (Å²) in [6.07, 6.45) is 3.80. The predicted molar refractivity (Wildman–Crippen MR) is 94.3 cm³/mol. The molecule has 1 unspecified atom stereocenters. The van der Waals surface area contributed by atoms with E-state index in [-0.39, 0.29) is 24.1 Å². The Bertz CT molecular complexity index is 614. The van der Waals surface area contributed by atoms with Gasteiger partial charge in [0, 0.05) is 19.2 Å². The molecule has 0 saturated carbocycles. The van der Waals surface area contributed by atoms with Gasteiger partial charge < -0.3 is 10.6 Å². The first-order chi connectivity index (χ1) is 10.4. The zero-order chi connectivity index (χ0) is 16.0. The number of benzene rings is 1.